The van der Waals surface area contributed by atoms with E-state index in [2.05, 4.69) is 11.9 Å². The van der Waals surface area contributed by atoms with E-state index in [-0.39, 0.29) is 23.9 Å². The Kier molecular flexibility index (Phi) is 6.65. The van der Waals surface area contributed by atoms with Crippen LogP contribution in [0.2, 0.25) is 0 Å². The topological polar surface area (TPSA) is 77.1 Å². The molecule has 1 aliphatic rings. The first-order valence-electron chi connectivity index (χ1n) is 9.87. The van der Waals surface area contributed by atoms with Gasteiger partial charge in [-0.1, -0.05) is 12.1 Å². The van der Waals surface area contributed by atoms with Crippen molar-refractivity contribution in [2.75, 3.05) is 26.1 Å². The van der Waals surface area contributed by atoms with Crippen molar-refractivity contribution < 1.29 is 23.8 Å². The zero-order chi connectivity index (χ0) is 22.5. The van der Waals surface area contributed by atoms with Crippen molar-refractivity contribution in [1.82, 2.24) is 4.90 Å². The lowest BCUT2D eigenvalue weighted by molar-refractivity contribution is -0.136. The van der Waals surface area contributed by atoms with Crippen LogP contribution < -0.4 is 19.5 Å². The maximum Gasteiger partial charge on any atom is 0.278 e. The first kappa shape index (κ1) is 22.0. The number of hydrogen-bond acceptors (Lipinski definition) is 6. The van der Waals surface area contributed by atoms with E-state index in [1.165, 1.54) is 20.3 Å². The molecule has 0 fully saturated rings. The highest BCUT2D eigenvalue weighted by molar-refractivity contribution is 6.36. The van der Waals surface area contributed by atoms with Crippen molar-refractivity contribution >= 4 is 23.1 Å². The van der Waals surface area contributed by atoms with Crippen molar-refractivity contribution in [3.63, 3.8) is 0 Å². The molecule has 162 valence electrons. The normalized spacial score (nSPS) is 13.6. The highest BCUT2D eigenvalue weighted by atomic mass is 16.5. The summed E-state index contributed by atoms with van der Waals surface area (Å²) in [4.78, 5) is 27.3. The maximum atomic E-state index is 13.1. The van der Waals surface area contributed by atoms with Crippen LogP contribution in [0, 0.1) is 0 Å². The Morgan fingerprint density at radius 3 is 2.26 bits per heavy atom. The molecule has 2 aromatic rings. The van der Waals surface area contributed by atoms with Gasteiger partial charge in [0.1, 0.15) is 11.4 Å². The van der Waals surface area contributed by atoms with Crippen LogP contribution in [-0.2, 0) is 9.59 Å². The number of hydrogen-bond donors (Lipinski definition) is 1. The Hall–Kier alpha value is -3.74. The minimum atomic E-state index is -0.419. The number of methoxy groups -OCH3 is 2. The molecular weight excluding hydrogens is 396 g/mol. The fourth-order valence-electron chi connectivity index (χ4n) is 3.28. The van der Waals surface area contributed by atoms with Gasteiger partial charge in [0.05, 0.1) is 25.9 Å². The molecule has 1 heterocycles. The number of carbonyl (C=O) groups is 2. The Balaban J connectivity index is 2.03. The Labute approximate surface area is 181 Å². The van der Waals surface area contributed by atoms with Crippen molar-refractivity contribution in [3.05, 3.63) is 66.4 Å². The number of nitrogens with zero attached hydrogens (tertiary/aromatic N) is 1. The molecule has 31 heavy (non-hydrogen) atoms. The van der Waals surface area contributed by atoms with Crippen molar-refractivity contribution in [2.24, 2.45) is 0 Å². The smallest absolute Gasteiger partial charge is 0.278 e. The molecule has 0 aliphatic carbocycles. The van der Waals surface area contributed by atoms with Gasteiger partial charge in [0.25, 0.3) is 11.8 Å². The van der Waals surface area contributed by atoms with Crippen LogP contribution >= 0.6 is 0 Å². The summed E-state index contributed by atoms with van der Waals surface area (Å²) in [5.41, 5.74) is 1.66. The Morgan fingerprint density at radius 2 is 1.68 bits per heavy atom. The standard InChI is InChI=1S/C24H26N2O5/c1-6-13-26-23(27)21(16-7-12-19(29-4)20(14-16)30-5)22(24(26)28)25-17-8-10-18(11-9-17)31-15(2)3/h6-12,14-15,25H,1,13H2,2-5H3. The summed E-state index contributed by atoms with van der Waals surface area (Å²) in [6, 6.07) is 12.3. The van der Waals surface area contributed by atoms with E-state index in [0.29, 0.717) is 22.7 Å². The summed E-state index contributed by atoms with van der Waals surface area (Å²) in [6.45, 7) is 7.66. The van der Waals surface area contributed by atoms with Gasteiger partial charge in [-0.3, -0.25) is 14.5 Å². The summed E-state index contributed by atoms with van der Waals surface area (Å²) in [5.74, 6) is 0.889. The molecule has 1 N–H and O–H groups in total. The average molecular weight is 422 g/mol. The number of anilines is 1. The third kappa shape index (κ3) is 4.55. The molecule has 7 nitrogen and oxygen atoms in total. The fourth-order valence-corrected chi connectivity index (χ4v) is 3.28. The number of rotatable bonds is 9. The maximum absolute atomic E-state index is 13.1. The van der Waals surface area contributed by atoms with E-state index in [1.54, 1.807) is 30.3 Å². The van der Waals surface area contributed by atoms with Gasteiger partial charge in [-0.05, 0) is 55.8 Å². The van der Waals surface area contributed by atoms with Crippen LogP contribution in [0.4, 0.5) is 5.69 Å². The number of benzene rings is 2. The second-order valence-corrected chi connectivity index (χ2v) is 7.15. The highest BCUT2D eigenvalue weighted by Crippen LogP contribution is 2.35. The van der Waals surface area contributed by atoms with Crippen LogP contribution in [0.25, 0.3) is 5.57 Å². The van der Waals surface area contributed by atoms with Gasteiger partial charge in [-0.25, -0.2) is 0 Å². The summed E-state index contributed by atoms with van der Waals surface area (Å²) in [6.07, 6.45) is 1.57. The molecule has 0 saturated heterocycles. The minimum Gasteiger partial charge on any atom is -0.493 e. The van der Waals surface area contributed by atoms with E-state index in [9.17, 15) is 9.59 Å². The van der Waals surface area contributed by atoms with Gasteiger partial charge >= 0.3 is 0 Å². The van der Waals surface area contributed by atoms with E-state index < -0.39 is 11.8 Å². The second-order valence-electron chi connectivity index (χ2n) is 7.15. The Morgan fingerprint density at radius 1 is 1.00 bits per heavy atom. The summed E-state index contributed by atoms with van der Waals surface area (Å²) in [7, 11) is 3.05. The molecule has 0 bridgehead atoms. The molecule has 2 aromatic carbocycles. The lowest BCUT2D eigenvalue weighted by Crippen LogP contribution is -2.32. The summed E-state index contributed by atoms with van der Waals surface area (Å²) >= 11 is 0. The Bertz CT molecular complexity index is 1020. The molecule has 0 unspecified atom stereocenters. The van der Waals surface area contributed by atoms with E-state index in [1.807, 2.05) is 26.0 Å². The lowest BCUT2D eigenvalue weighted by atomic mass is 10.0. The second kappa shape index (κ2) is 9.38. The van der Waals surface area contributed by atoms with Gasteiger partial charge < -0.3 is 19.5 Å². The van der Waals surface area contributed by atoms with Gasteiger partial charge in [0.2, 0.25) is 0 Å². The first-order chi connectivity index (χ1) is 14.9. The van der Waals surface area contributed by atoms with E-state index in [4.69, 9.17) is 14.2 Å². The number of amides is 2. The highest BCUT2D eigenvalue weighted by Gasteiger charge is 2.38. The van der Waals surface area contributed by atoms with Crippen LogP contribution in [0.5, 0.6) is 17.2 Å². The lowest BCUT2D eigenvalue weighted by Gasteiger charge is -2.13. The summed E-state index contributed by atoms with van der Waals surface area (Å²) in [5, 5.41) is 3.11. The monoisotopic (exact) mass is 422 g/mol. The van der Waals surface area contributed by atoms with Gasteiger partial charge in [-0.2, -0.15) is 0 Å². The van der Waals surface area contributed by atoms with E-state index >= 15 is 0 Å². The molecule has 0 atom stereocenters. The zero-order valence-electron chi connectivity index (χ0n) is 18.1. The molecular formula is C24H26N2O5. The van der Waals surface area contributed by atoms with Crippen LogP contribution in [0.3, 0.4) is 0 Å². The first-order valence-corrected chi connectivity index (χ1v) is 9.87. The number of ether oxygens (including phenoxy) is 3. The molecule has 0 spiro atoms. The van der Waals surface area contributed by atoms with Crippen LogP contribution in [-0.4, -0.2) is 43.6 Å². The van der Waals surface area contributed by atoms with Crippen LogP contribution in [0.1, 0.15) is 19.4 Å². The van der Waals surface area contributed by atoms with Crippen molar-refractivity contribution in [3.8, 4) is 17.2 Å². The molecule has 0 saturated carbocycles. The third-order valence-electron chi connectivity index (χ3n) is 4.65. The predicted molar refractivity (Wildman–Crippen MR) is 119 cm³/mol. The average Bonchev–Trinajstić information content (AvgIpc) is 2.98. The number of carbonyl (C=O) groups excluding carboxylic acids is 2. The largest absolute Gasteiger partial charge is 0.493 e. The number of imide groups is 1. The third-order valence-corrected chi connectivity index (χ3v) is 4.65. The predicted octanol–water partition coefficient (Wildman–Crippen LogP) is 3.87. The van der Waals surface area contributed by atoms with Gasteiger partial charge in [0.15, 0.2) is 11.5 Å². The van der Waals surface area contributed by atoms with Gasteiger partial charge in [0, 0.05) is 12.2 Å². The van der Waals surface area contributed by atoms with Crippen molar-refractivity contribution in [1.29, 1.82) is 0 Å². The summed E-state index contributed by atoms with van der Waals surface area (Å²) < 4.78 is 16.3. The van der Waals surface area contributed by atoms with Crippen molar-refractivity contribution in [2.45, 2.75) is 20.0 Å². The molecule has 0 aromatic heterocycles. The van der Waals surface area contributed by atoms with Gasteiger partial charge in [-0.15, -0.1) is 6.58 Å². The number of nitrogens with one attached hydrogen (secondary N) is 1. The minimum absolute atomic E-state index is 0.0552. The van der Waals surface area contributed by atoms with E-state index in [0.717, 1.165) is 10.6 Å². The molecule has 1 aliphatic heterocycles. The van der Waals surface area contributed by atoms with Crippen LogP contribution in [0.15, 0.2) is 60.8 Å². The molecule has 2 amide bonds. The quantitative estimate of drug-likeness (QED) is 0.488. The molecule has 3 rings (SSSR count). The molecule has 0 radical (unpaired) electrons. The SMILES string of the molecule is C=CCN1C(=O)C(Nc2ccc(OC(C)C)cc2)=C(c2ccc(OC)c(OC)c2)C1=O. The zero-order valence-corrected chi connectivity index (χ0v) is 18.1. The molecule has 7 heteroatoms. The fraction of sp³-hybridized carbons (Fsp3) is 0.250.